The molecule has 0 fully saturated rings. The molecule has 3 nitrogen and oxygen atoms in total. The Labute approximate surface area is 103 Å². The van der Waals surface area contributed by atoms with Crippen LogP contribution in [0.1, 0.15) is 20.2 Å². The van der Waals surface area contributed by atoms with Crippen molar-refractivity contribution in [3.05, 3.63) is 52.0 Å². The Morgan fingerprint density at radius 2 is 2.18 bits per heavy atom. The van der Waals surface area contributed by atoms with E-state index in [2.05, 4.69) is 4.98 Å². The van der Waals surface area contributed by atoms with Crippen LogP contribution in [-0.2, 0) is 0 Å². The third-order valence-corrected chi connectivity index (χ3v) is 3.09. The fraction of sp³-hybridized carbons (Fsp3) is 0.0769. The third-order valence-electron chi connectivity index (χ3n) is 2.21. The van der Waals surface area contributed by atoms with E-state index in [4.69, 9.17) is 0 Å². The van der Waals surface area contributed by atoms with Gasteiger partial charge in [0.25, 0.3) is 0 Å². The molecule has 0 aliphatic heterocycles. The number of benzene rings is 1. The van der Waals surface area contributed by atoms with Gasteiger partial charge in [0.1, 0.15) is 5.75 Å². The summed E-state index contributed by atoms with van der Waals surface area (Å²) in [5.74, 6) is -0.211. The van der Waals surface area contributed by atoms with E-state index in [0.29, 0.717) is 5.56 Å². The maximum Gasteiger partial charge on any atom is 0.189 e. The number of rotatable bonds is 3. The average molecular weight is 245 g/mol. The molecule has 1 N–H and O–H groups in total. The molecule has 0 saturated carbocycles. The van der Waals surface area contributed by atoms with Gasteiger partial charge >= 0.3 is 0 Å². The van der Waals surface area contributed by atoms with Crippen molar-refractivity contribution in [1.82, 2.24) is 4.98 Å². The highest BCUT2D eigenvalue weighted by atomic mass is 32.1. The number of aromatic nitrogens is 1. The number of ketones is 1. The lowest BCUT2D eigenvalue weighted by Gasteiger charge is -1.98. The maximum atomic E-state index is 11.8. The molecule has 2 aromatic rings. The van der Waals surface area contributed by atoms with Crippen LogP contribution in [0.4, 0.5) is 0 Å². The molecule has 86 valence electrons. The molecule has 0 bridgehead atoms. The van der Waals surface area contributed by atoms with Crippen LogP contribution in [0.3, 0.4) is 0 Å². The predicted molar refractivity (Wildman–Crippen MR) is 68.3 cm³/mol. The van der Waals surface area contributed by atoms with E-state index in [9.17, 15) is 9.90 Å². The first-order valence-corrected chi connectivity index (χ1v) is 5.91. The number of aromatic hydroxyl groups is 1. The van der Waals surface area contributed by atoms with Gasteiger partial charge in [0, 0.05) is 11.1 Å². The van der Waals surface area contributed by atoms with E-state index in [0.717, 1.165) is 9.88 Å². The standard InChI is InChI=1S/C13H11NO2S/c1-9-14-8-10(17-9)6-7-13(16)11-4-2-3-5-12(11)15/h2-8,15H,1H3/b7-6-. The van der Waals surface area contributed by atoms with E-state index >= 15 is 0 Å². The van der Waals surface area contributed by atoms with Gasteiger partial charge in [0.2, 0.25) is 0 Å². The number of carbonyl (C=O) groups excluding carboxylic acids is 1. The zero-order valence-electron chi connectivity index (χ0n) is 9.25. The molecule has 0 aliphatic carbocycles. The molecule has 4 heteroatoms. The smallest absolute Gasteiger partial charge is 0.189 e. The molecule has 0 atom stereocenters. The number of nitrogens with zero attached hydrogens (tertiary/aromatic N) is 1. The summed E-state index contributed by atoms with van der Waals surface area (Å²) in [5.41, 5.74) is 0.310. The number of phenols is 1. The van der Waals surface area contributed by atoms with E-state index in [-0.39, 0.29) is 11.5 Å². The Hall–Kier alpha value is -1.94. The van der Waals surface area contributed by atoms with Crippen molar-refractivity contribution in [2.75, 3.05) is 0 Å². The Morgan fingerprint density at radius 1 is 1.41 bits per heavy atom. The summed E-state index contributed by atoms with van der Waals surface area (Å²) >= 11 is 1.52. The summed E-state index contributed by atoms with van der Waals surface area (Å²) in [6, 6.07) is 6.50. The third kappa shape index (κ3) is 2.79. The van der Waals surface area contributed by atoms with Crippen molar-refractivity contribution in [3.8, 4) is 5.75 Å². The topological polar surface area (TPSA) is 50.2 Å². The largest absolute Gasteiger partial charge is 0.507 e. The molecule has 17 heavy (non-hydrogen) atoms. The second-order valence-corrected chi connectivity index (χ2v) is 4.76. The summed E-state index contributed by atoms with van der Waals surface area (Å²) < 4.78 is 0. The normalized spacial score (nSPS) is 10.9. The molecular weight excluding hydrogens is 234 g/mol. The number of allylic oxidation sites excluding steroid dienone is 1. The predicted octanol–water partition coefficient (Wildman–Crippen LogP) is 3.05. The average Bonchev–Trinajstić information content (AvgIpc) is 2.73. The lowest BCUT2D eigenvalue weighted by Crippen LogP contribution is -1.93. The Kier molecular flexibility index (Phi) is 3.35. The lowest BCUT2D eigenvalue weighted by atomic mass is 10.1. The zero-order valence-corrected chi connectivity index (χ0v) is 10.1. The molecule has 1 aromatic carbocycles. The van der Waals surface area contributed by atoms with Crippen LogP contribution in [-0.4, -0.2) is 15.9 Å². The van der Waals surface area contributed by atoms with Crippen LogP contribution in [0.5, 0.6) is 5.75 Å². The van der Waals surface area contributed by atoms with Gasteiger partial charge in [-0.25, -0.2) is 4.98 Å². The number of thiazole rings is 1. The van der Waals surface area contributed by atoms with Crippen LogP contribution < -0.4 is 0 Å². The molecule has 0 radical (unpaired) electrons. The SMILES string of the molecule is Cc1ncc(/C=C\C(=O)c2ccccc2O)s1. The highest BCUT2D eigenvalue weighted by molar-refractivity contribution is 7.12. The Bertz CT molecular complexity index is 572. The summed E-state index contributed by atoms with van der Waals surface area (Å²) in [7, 11) is 0. The van der Waals surface area contributed by atoms with Crippen LogP contribution in [0.15, 0.2) is 36.5 Å². The van der Waals surface area contributed by atoms with Gasteiger partial charge in [-0.2, -0.15) is 0 Å². The van der Waals surface area contributed by atoms with Gasteiger partial charge in [-0.1, -0.05) is 12.1 Å². The monoisotopic (exact) mass is 245 g/mol. The Morgan fingerprint density at radius 3 is 2.82 bits per heavy atom. The minimum absolute atomic E-state index is 0.00244. The summed E-state index contributed by atoms with van der Waals surface area (Å²) in [6.07, 6.45) is 4.87. The van der Waals surface area contributed by atoms with Crippen molar-refractivity contribution >= 4 is 23.2 Å². The van der Waals surface area contributed by atoms with Crippen LogP contribution >= 0.6 is 11.3 Å². The minimum Gasteiger partial charge on any atom is -0.507 e. The van der Waals surface area contributed by atoms with Gasteiger partial charge in [-0.3, -0.25) is 4.79 Å². The number of carbonyl (C=O) groups is 1. The fourth-order valence-electron chi connectivity index (χ4n) is 1.38. The van der Waals surface area contributed by atoms with Crippen molar-refractivity contribution in [2.45, 2.75) is 6.92 Å². The molecule has 0 spiro atoms. The molecule has 1 heterocycles. The van der Waals surface area contributed by atoms with E-state index in [1.54, 1.807) is 30.5 Å². The van der Waals surface area contributed by atoms with E-state index in [1.165, 1.54) is 23.5 Å². The molecule has 1 aromatic heterocycles. The first-order chi connectivity index (χ1) is 8.16. The zero-order chi connectivity index (χ0) is 12.3. The van der Waals surface area contributed by atoms with E-state index < -0.39 is 0 Å². The quantitative estimate of drug-likeness (QED) is 0.668. The van der Waals surface area contributed by atoms with Crippen molar-refractivity contribution in [1.29, 1.82) is 0 Å². The second-order valence-electron chi connectivity index (χ2n) is 3.50. The van der Waals surface area contributed by atoms with Gasteiger partial charge in [-0.15, -0.1) is 11.3 Å². The fourth-order valence-corrected chi connectivity index (χ4v) is 2.07. The minimum atomic E-state index is -0.214. The second kappa shape index (κ2) is 4.93. The van der Waals surface area contributed by atoms with Crippen LogP contribution in [0, 0.1) is 6.92 Å². The molecule has 2 rings (SSSR count). The van der Waals surface area contributed by atoms with Crippen LogP contribution in [0.2, 0.25) is 0 Å². The number of aryl methyl sites for hydroxylation is 1. The molecule has 0 aliphatic rings. The maximum absolute atomic E-state index is 11.8. The van der Waals surface area contributed by atoms with Crippen molar-refractivity contribution in [3.63, 3.8) is 0 Å². The van der Waals surface area contributed by atoms with Crippen molar-refractivity contribution in [2.24, 2.45) is 0 Å². The number of hydrogen-bond donors (Lipinski definition) is 1. The molecular formula is C13H11NO2S. The number of para-hydroxylation sites is 1. The molecule has 0 amide bonds. The van der Waals surface area contributed by atoms with Gasteiger partial charge in [0.15, 0.2) is 5.78 Å². The highest BCUT2D eigenvalue weighted by Crippen LogP contribution is 2.18. The summed E-state index contributed by atoms with van der Waals surface area (Å²) in [4.78, 5) is 16.8. The van der Waals surface area contributed by atoms with Gasteiger partial charge in [0.05, 0.1) is 10.6 Å². The van der Waals surface area contributed by atoms with E-state index in [1.807, 2.05) is 6.92 Å². The number of hydrogen-bond acceptors (Lipinski definition) is 4. The lowest BCUT2D eigenvalue weighted by molar-refractivity contribution is 0.104. The van der Waals surface area contributed by atoms with Gasteiger partial charge < -0.3 is 5.11 Å². The van der Waals surface area contributed by atoms with Crippen molar-refractivity contribution < 1.29 is 9.90 Å². The summed E-state index contributed by atoms with van der Waals surface area (Å²) in [6.45, 7) is 1.91. The van der Waals surface area contributed by atoms with Crippen LogP contribution in [0.25, 0.3) is 6.08 Å². The Balaban J connectivity index is 2.17. The molecule has 0 unspecified atom stereocenters. The molecule has 0 saturated heterocycles. The number of phenolic OH excluding ortho intramolecular Hbond substituents is 1. The van der Waals surface area contributed by atoms with Gasteiger partial charge in [-0.05, 0) is 31.2 Å². The highest BCUT2D eigenvalue weighted by Gasteiger charge is 2.06. The summed E-state index contributed by atoms with van der Waals surface area (Å²) in [5, 5.41) is 10.5. The first kappa shape index (κ1) is 11.5. The first-order valence-electron chi connectivity index (χ1n) is 5.09.